The minimum Gasteiger partial charge on any atom is -0.481 e. The van der Waals surface area contributed by atoms with Crippen molar-refractivity contribution in [1.29, 1.82) is 0 Å². The van der Waals surface area contributed by atoms with Gasteiger partial charge in [-0.1, -0.05) is 61.3 Å². The first-order valence-electron chi connectivity index (χ1n) is 12.8. The summed E-state index contributed by atoms with van der Waals surface area (Å²) >= 11 is 6.13. The molecule has 0 saturated carbocycles. The Bertz CT molecular complexity index is 1230. The highest BCUT2D eigenvalue weighted by atomic mass is 35.5. The number of ether oxygens (including phenoxy) is 2. The van der Waals surface area contributed by atoms with Crippen LogP contribution in [0.5, 0.6) is 5.75 Å². The summed E-state index contributed by atoms with van der Waals surface area (Å²) in [5, 5.41) is 12.0. The van der Waals surface area contributed by atoms with Crippen LogP contribution in [0.25, 0.3) is 0 Å². The quantitative estimate of drug-likeness (QED) is 0.210. The molecule has 3 aromatic carbocycles. The molecule has 0 aliphatic heterocycles. The molecule has 1 amide bonds. The van der Waals surface area contributed by atoms with Crippen molar-refractivity contribution >= 4 is 23.5 Å². The van der Waals surface area contributed by atoms with Gasteiger partial charge in [0, 0.05) is 23.0 Å². The van der Waals surface area contributed by atoms with E-state index in [9.17, 15) is 22.8 Å². The third kappa shape index (κ3) is 9.88. The zero-order valence-corrected chi connectivity index (χ0v) is 22.7. The van der Waals surface area contributed by atoms with Gasteiger partial charge in [0.15, 0.2) is 0 Å². The highest BCUT2D eigenvalue weighted by Gasteiger charge is 2.31. The van der Waals surface area contributed by atoms with E-state index >= 15 is 0 Å². The van der Waals surface area contributed by atoms with Crippen molar-refractivity contribution in [2.75, 3.05) is 13.2 Å². The number of carbonyl (C=O) groups excluding carboxylic acids is 1. The number of carboxylic acids is 1. The van der Waals surface area contributed by atoms with Crippen LogP contribution in [0, 0.1) is 0 Å². The van der Waals surface area contributed by atoms with Crippen LogP contribution < -0.4 is 10.1 Å². The summed E-state index contributed by atoms with van der Waals surface area (Å²) in [7, 11) is 0. The van der Waals surface area contributed by atoms with E-state index in [1.807, 2.05) is 36.4 Å². The van der Waals surface area contributed by atoms with Gasteiger partial charge in [0.1, 0.15) is 5.75 Å². The fourth-order valence-corrected chi connectivity index (χ4v) is 4.55. The molecule has 10 heteroatoms. The minimum absolute atomic E-state index is 0.0397. The summed E-state index contributed by atoms with van der Waals surface area (Å²) in [6.07, 6.45) is -3.17. The molecule has 0 heterocycles. The Kier molecular flexibility index (Phi) is 11.4. The number of aliphatic carboxylic acids is 1. The van der Waals surface area contributed by atoms with Crippen LogP contribution in [0.1, 0.15) is 65.1 Å². The molecule has 40 heavy (non-hydrogen) atoms. The molecule has 2 unspecified atom stereocenters. The van der Waals surface area contributed by atoms with Crippen molar-refractivity contribution in [2.45, 2.75) is 51.0 Å². The average molecular weight is 578 g/mol. The van der Waals surface area contributed by atoms with E-state index in [1.165, 1.54) is 24.3 Å². The lowest BCUT2D eigenvalue weighted by Crippen LogP contribution is -2.26. The Hall–Kier alpha value is -3.56. The second-order valence-corrected chi connectivity index (χ2v) is 9.72. The molecule has 0 spiro atoms. The molecule has 0 saturated heterocycles. The van der Waals surface area contributed by atoms with Gasteiger partial charge in [-0.2, -0.15) is 0 Å². The van der Waals surface area contributed by atoms with Gasteiger partial charge >= 0.3 is 12.3 Å². The summed E-state index contributed by atoms with van der Waals surface area (Å²) < 4.78 is 47.3. The van der Waals surface area contributed by atoms with Crippen molar-refractivity contribution in [3.8, 4) is 5.75 Å². The SMILES string of the molecule is CCCC(c1ccc(C(=O)NCCC(=O)O)cc1)C(COCc1ccc(OC(F)(F)F)cc1)c1ccc(Cl)cc1. The Balaban J connectivity index is 1.75. The topological polar surface area (TPSA) is 84.9 Å². The predicted molar refractivity (Wildman–Crippen MR) is 146 cm³/mol. The first-order valence-corrected chi connectivity index (χ1v) is 13.2. The smallest absolute Gasteiger partial charge is 0.481 e. The van der Waals surface area contributed by atoms with E-state index in [4.69, 9.17) is 21.4 Å². The molecule has 3 aromatic rings. The Morgan fingerprint density at radius 2 is 1.52 bits per heavy atom. The third-order valence-corrected chi connectivity index (χ3v) is 6.58. The highest BCUT2D eigenvalue weighted by molar-refractivity contribution is 6.30. The second-order valence-electron chi connectivity index (χ2n) is 9.28. The van der Waals surface area contributed by atoms with E-state index in [2.05, 4.69) is 17.0 Å². The van der Waals surface area contributed by atoms with Crippen LogP contribution >= 0.6 is 11.6 Å². The van der Waals surface area contributed by atoms with E-state index in [1.54, 1.807) is 12.1 Å². The summed E-state index contributed by atoms with van der Waals surface area (Å²) in [5.41, 5.74) is 3.17. The maximum atomic E-state index is 12.4. The standard InChI is InChI=1S/C30H31ClF3NO5/c1-2-3-26(21-6-8-23(9-7-21)29(38)35-17-16-28(36)37)27(22-10-12-24(31)13-11-22)19-39-18-20-4-14-25(15-5-20)40-30(32,33)34/h4-15,26-27H,2-3,16-19H2,1H3,(H,35,38)(H,36,37). The summed E-state index contributed by atoms with van der Waals surface area (Å²) in [5.74, 6) is -1.65. The minimum atomic E-state index is -4.75. The first-order chi connectivity index (χ1) is 19.1. The summed E-state index contributed by atoms with van der Waals surface area (Å²) in [4.78, 5) is 23.1. The molecular formula is C30H31ClF3NO5. The number of nitrogens with one attached hydrogen (secondary N) is 1. The number of hydrogen-bond donors (Lipinski definition) is 2. The van der Waals surface area contributed by atoms with Crippen molar-refractivity contribution in [3.63, 3.8) is 0 Å². The molecule has 0 bridgehead atoms. The first kappa shape index (κ1) is 31.0. The third-order valence-electron chi connectivity index (χ3n) is 6.33. The van der Waals surface area contributed by atoms with Crippen LogP contribution in [0.4, 0.5) is 13.2 Å². The Morgan fingerprint density at radius 3 is 2.10 bits per heavy atom. The lowest BCUT2D eigenvalue weighted by Gasteiger charge is -2.28. The van der Waals surface area contributed by atoms with E-state index in [0.717, 1.165) is 24.0 Å². The van der Waals surface area contributed by atoms with Crippen molar-refractivity contribution in [1.82, 2.24) is 5.32 Å². The molecule has 6 nitrogen and oxygen atoms in total. The monoisotopic (exact) mass is 577 g/mol. The average Bonchev–Trinajstić information content (AvgIpc) is 2.91. The van der Waals surface area contributed by atoms with Gasteiger partial charge in [0.2, 0.25) is 0 Å². The van der Waals surface area contributed by atoms with Crippen molar-refractivity contribution < 1.29 is 37.3 Å². The van der Waals surface area contributed by atoms with Gasteiger partial charge in [-0.25, -0.2) is 0 Å². The van der Waals surface area contributed by atoms with Gasteiger partial charge in [-0.05, 0) is 65.4 Å². The molecule has 0 radical (unpaired) electrons. The van der Waals surface area contributed by atoms with E-state index in [-0.39, 0.29) is 43.1 Å². The summed E-state index contributed by atoms with van der Waals surface area (Å²) in [6, 6.07) is 20.3. The zero-order valence-electron chi connectivity index (χ0n) is 21.9. The molecule has 3 rings (SSSR count). The van der Waals surface area contributed by atoms with E-state index < -0.39 is 12.3 Å². The van der Waals surface area contributed by atoms with Gasteiger partial charge in [-0.3, -0.25) is 9.59 Å². The number of hydrogen-bond acceptors (Lipinski definition) is 4. The lowest BCUT2D eigenvalue weighted by molar-refractivity contribution is -0.274. The van der Waals surface area contributed by atoms with Gasteiger partial charge in [0.25, 0.3) is 5.91 Å². The van der Waals surface area contributed by atoms with Gasteiger partial charge < -0.3 is 19.9 Å². The van der Waals surface area contributed by atoms with E-state index in [0.29, 0.717) is 22.8 Å². The van der Waals surface area contributed by atoms with Crippen LogP contribution in [0.3, 0.4) is 0 Å². The molecule has 2 atom stereocenters. The molecule has 0 aliphatic carbocycles. The Morgan fingerprint density at radius 1 is 0.925 bits per heavy atom. The number of halogens is 4. The summed E-state index contributed by atoms with van der Waals surface area (Å²) in [6.45, 7) is 2.67. The fourth-order valence-electron chi connectivity index (χ4n) is 4.42. The second kappa shape index (κ2) is 14.7. The number of carbonyl (C=O) groups is 2. The lowest BCUT2D eigenvalue weighted by atomic mass is 9.79. The molecule has 0 fully saturated rings. The largest absolute Gasteiger partial charge is 0.573 e. The van der Waals surface area contributed by atoms with Crippen LogP contribution in [0.2, 0.25) is 5.02 Å². The zero-order chi connectivity index (χ0) is 29.1. The van der Waals surface area contributed by atoms with Crippen LogP contribution in [-0.4, -0.2) is 36.5 Å². The molecule has 214 valence electrons. The Labute approximate surface area is 236 Å². The highest BCUT2D eigenvalue weighted by Crippen LogP contribution is 2.38. The predicted octanol–water partition coefficient (Wildman–Crippen LogP) is 7.33. The number of rotatable bonds is 14. The maximum absolute atomic E-state index is 12.4. The van der Waals surface area contributed by atoms with Crippen molar-refractivity contribution in [3.05, 3.63) is 100 Å². The van der Waals surface area contributed by atoms with Gasteiger partial charge in [0.05, 0.1) is 19.6 Å². The number of benzene rings is 3. The van der Waals surface area contributed by atoms with Gasteiger partial charge in [-0.15, -0.1) is 13.2 Å². The molecule has 0 aromatic heterocycles. The molecular weight excluding hydrogens is 547 g/mol. The van der Waals surface area contributed by atoms with Crippen LogP contribution in [-0.2, 0) is 16.1 Å². The van der Waals surface area contributed by atoms with Crippen molar-refractivity contribution in [2.24, 2.45) is 0 Å². The number of carboxylic acid groups (broad SMARTS) is 1. The molecule has 2 N–H and O–H groups in total. The normalized spacial score (nSPS) is 12.9. The maximum Gasteiger partial charge on any atom is 0.573 e. The number of alkyl halides is 3. The fraction of sp³-hybridized carbons (Fsp3) is 0.333. The van der Waals surface area contributed by atoms with Crippen LogP contribution in [0.15, 0.2) is 72.8 Å². The number of amides is 1. The molecule has 0 aliphatic rings.